The largest absolute Gasteiger partial charge is 0.573 e. The lowest BCUT2D eigenvalue weighted by atomic mass is 9.94. The van der Waals surface area contributed by atoms with Gasteiger partial charge in [0, 0.05) is 35.4 Å². The fraction of sp³-hybridized carbons (Fsp3) is 0.125. The van der Waals surface area contributed by atoms with Crippen molar-refractivity contribution in [1.29, 1.82) is 0 Å². The van der Waals surface area contributed by atoms with Gasteiger partial charge >= 0.3 is 6.36 Å². The Bertz CT molecular complexity index is 1270. The van der Waals surface area contributed by atoms with Gasteiger partial charge in [-0.3, -0.25) is 14.6 Å². The maximum Gasteiger partial charge on any atom is 0.573 e. The number of fused-ring (bicyclic) bond motifs is 1. The van der Waals surface area contributed by atoms with Gasteiger partial charge in [-0.25, -0.2) is 0 Å². The lowest BCUT2D eigenvalue weighted by molar-refractivity contribution is -0.274. The van der Waals surface area contributed by atoms with Crippen molar-refractivity contribution in [3.63, 3.8) is 0 Å². The quantitative estimate of drug-likeness (QED) is 0.644. The number of rotatable bonds is 4. The molecular formula is C24H18F3N3O3. The first-order valence-corrected chi connectivity index (χ1v) is 9.85. The van der Waals surface area contributed by atoms with E-state index in [0.717, 1.165) is 0 Å². The molecule has 6 nitrogen and oxygen atoms in total. The topological polar surface area (TPSA) is 85.0 Å². The highest BCUT2D eigenvalue weighted by atomic mass is 19.4. The van der Waals surface area contributed by atoms with Gasteiger partial charge in [-0.1, -0.05) is 42.5 Å². The number of primary amides is 1. The number of ether oxygens (including phenoxy) is 1. The van der Waals surface area contributed by atoms with E-state index in [0.29, 0.717) is 22.4 Å². The highest BCUT2D eigenvalue weighted by Crippen LogP contribution is 2.40. The first-order valence-electron chi connectivity index (χ1n) is 9.85. The molecule has 1 heterocycles. The van der Waals surface area contributed by atoms with Gasteiger partial charge in [-0.05, 0) is 23.8 Å². The number of nitrogens with two attached hydrogens (primary N) is 1. The van der Waals surface area contributed by atoms with Gasteiger partial charge in [-0.2, -0.15) is 0 Å². The molecule has 0 fully saturated rings. The van der Waals surface area contributed by atoms with E-state index in [1.54, 1.807) is 42.5 Å². The summed E-state index contributed by atoms with van der Waals surface area (Å²) in [6.07, 6.45) is -4.93. The number of carbonyl (C=O) groups is 2. The van der Waals surface area contributed by atoms with Crippen LogP contribution in [0.15, 0.2) is 71.7 Å². The molecule has 33 heavy (non-hydrogen) atoms. The Kier molecular flexibility index (Phi) is 5.63. The molecule has 3 aromatic carbocycles. The van der Waals surface area contributed by atoms with E-state index in [-0.39, 0.29) is 23.4 Å². The van der Waals surface area contributed by atoms with Crippen molar-refractivity contribution in [1.82, 2.24) is 0 Å². The van der Waals surface area contributed by atoms with E-state index in [2.05, 4.69) is 9.73 Å². The van der Waals surface area contributed by atoms with E-state index in [4.69, 9.17) is 5.73 Å². The smallest absolute Gasteiger partial charge is 0.405 e. The number of nitrogens with zero attached hydrogens (tertiary/aromatic N) is 2. The molecule has 3 aromatic rings. The number of hydrogen-bond acceptors (Lipinski definition) is 4. The minimum atomic E-state index is -4.93. The average Bonchev–Trinajstić information content (AvgIpc) is 2.89. The molecule has 9 heteroatoms. The van der Waals surface area contributed by atoms with E-state index >= 15 is 0 Å². The van der Waals surface area contributed by atoms with Crippen LogP contribution < -0.4 is 15.4 Å². The molecule has 0 spiro atoms. The molecule has 4 rings (SSSR count). The van der Waals surface area contributed by atoms with Gasteiger partial charge in [0.15, 0.2) is 0 Å². The van der Waals surface area contributed by atoms with Gasteiger partial charge in [0.05, 0.1) is 11.4 Å². The van der Waals surface area contributed by atoms with Crippen molar-refractivity contribution in [2.24, 2.45) is 10.7 Å². The monoisotopic (exact) mass is 453 g/mol. The zero-order valence-corrected chi connectivity index (χ0v) is 17.4. The number of halogens is 3. The molecule has 0 unspecified atom stereocenters. The predicted molar refractivity (Wildman–Crippen MR) is 117 cm³/mol. The van der Waals surface area contributed by atoms with Crippen LogP contribution in [0.25, 0.3) is 11.1 Å². The third kappa shape index (κ3) is 4.57. The van der Waals surface area contributed by atoms with Crippen molar-refractivity contribution in [2.45, 2.75) is 6.36 Å². The molecule has 0 aromatic heterocycles. The summed E-state index contributed by atoms with van der Waals surface area (Å²) in [6.45, 7) is -0.225. The van der Waals surface area contributed by atoms with E-state index in [9.17, 15) is 22.8 Å². The number of likely N-dealkylation sites (N-methyl/N-ethyl adjacent to an activating group) is 1. The van der Waals surface area contributed by atoms with Crippen LogP contribution in [0.3, 0.4) is 0 Å². The minimum absolute atomic E-state index is 0.174. The summed E-state index contributed by atoms with van der Waals surface area (Å²) in [5.41, 5.74) is 7.75. The number of benzene rings is 3. The lowest BCUT2D eigenvalue weighted by Crippen LogP contribution is -2.28. The van der Waals surface area contributed by atoms with Crippen LogP contribution in [0.1, 0.15) is 21.5 Å². The first-order chi connectivity index (χ1) is 15.6. The van der Waals surface area contributed by atoms with Gasteiger partial charge in [0.1, 0.15) is 12.3 Å². The molecule has 2 amide bonds. The van der Waals surface area contributed by atoms with Crippen molar-refractivity contribution < 1.29 is 27.5 Å². The van der Waals surface area contributed by atoms with Crippen LogP contribution in [0.4, 0.5) is 18.9 Å². The maximum atomic E-state index is 13.2. The molecule has 0 saturated carbocycles. The van der Waals surface area contributed by atoms with Crippen molar-refractivity contribution in [3.05, 3.63) is 83.4 Å². The van der Waals surface area contributed by atoms with Crippen molar-refractivity contribution in [3.8, 4) is 16.9 Å². The first kappa shape index (κ1) is 22.1. The number of anilines is 1. The average molecular weight is 453 g/mol. The Morgan fingerprint density at radius 3 is 2.36 bits per heavy atom. The SMILES string of the molecule is CN1C(=O)CN=C(c2cccc(C(N)=O)c2)c2cc(-c3ccccc3)c(OC(F)(F)F)cc21. The summed E-state index contributed by atoms with van der Waals surface area (Å²) in [5.74, 6) is -1.50. The van der Waals surface area contributed by atoms with Crippen LogP contribution >= 0.6 is 0 Å². The van der Waals surface area contributed by atoms with Gasteiger partial charge in [0.2, 0.25) is 11.8 Å². The summed E-state index contributed by atoms with van der Waals surface area (Å²) in [6, 6.07) is 17.5. The Labute approximate surface area is 187 Å². The molecule has 0 atom stereocenters. The molecule has 0 bridgehead atoms. The highest BCUT2D eigenvalue weighted by molar-refractivity contribution is 6.20. The molecular weight excluding hydrogens is 435 g/mol. The third-order valence-corrected chi connectivity index (χ3v) is 5.19. The van der Waals surface area contributed by atoms with Crippen LogP contribution in [0, 0.1) is 0 Å². The summed E-state index contributed by atoms with van der Waals surface area (Å²) < 4.78 is 44.0. The molecule has 1 aliphatic rings. The fourth-order valence-electron chi connectivity index (χ4n) is 3.63. The van der Waals surface area contributed by atoms with E-state index < -0.39 is 23.9 Å². The number of carbonyl (C=O) groups excluding carboxylic acids is 2. The molecule has 0 aliphatic carbocycles. The molecule has 0 radical (unpaired) electrons. The molecule has 2 N–H and O–H groups in total. The summed E-state index contributed by atoms with van der Waals surface area (Å²) in [4.78, 5) is 29.9. The Morgan fingerprint density at radius 1 is 1.00 bits per heavy atom. The van der Waals surface area contributed by atoms with E-state index in [1.165, 1.54) is 36.2 Å². The van der Waals surface area contributed by atoms with Gasteiger partial charge < -0.3 is 15.4 Å². The summed E-state index contributed by atoms with van der Waals surface area (Å²) >= 11 is 0. The summed E-state index contributed by atoms with van der Waals surface area (Å²) in [5, 5.41) is 0. The standard InChI is InChI=1S/C24H18F3N3O3/c1-30-19-12-20(33-24(25,26)27)17(14-6-3-2-4-7-14)11-18(19)22(29-13-21(30)31)15-8-5-9-16(10-15)23(28)32/h2-12H,13H2,1H3,(H2,28,32). The minimum Gasteiger partial charge on any atom is -0.405 e. The van der Waals surface area contributed by atoms with Crippen LogP contribution in [-0.4, -0.2) is 37.5 Å². The Hall–Kier alpha value is -4.14. The van der Waals surface area contributed by atoms with Gasteiger partial charge in [-0.15, -0.1) is 13.2 Å². The second-order valence-corrected chi connectivity index (χ2v) is 7.34. The number of alkyl halides is 3. The Balaban J connectivity index is 1.99. The van der Waals surface area contributed by atoms with Crippen LogP contribution in [0.5, 0.6) is 5.75 Å². The number of benzodiazepines with no additional fused rings is 1. The summed E-state index contributed by atoms with van der Waals surface area (Å²) in [7, 11) is 1.46. The number of aliphatic imine (C=N–C) groups is 1. The zero-order chi connectivity index (χ0) is 23.8. The fourth-order valence-corrected chi connectivity index (χ4v) is 3.63. The molecule has 0 saturated heterocycles. The second kappa shape index (κ2) is 8.42. The Morgan fingerprint density at radius 2 is 1.70 bits per heavy atom. The highest BCUT2D eigenvalue weighted by Gasteiger charge is 2.34. The maximum absolute atomic E-state index is 13.2. The van der Waals surface area contributed by atoms with E-state index in [1.807, 2.05) is 0 Å². The lowest BCUT2D eigenvalue weighted by Gasteiger charge is -2.22. The van der Waals surface area contributed by atoms with Crippen LogP contribution in [-0.2, 0) is 4.79 Å². The number of amides is 2. The second-order valence-electron chi connectivity index (χ2n) is 7.34. The zero-order valence-electron chi connectivity index (χ0n) is 17.4. The van der Waals surface area contributed by atoms with Crippen molar-refractivity contribution in [2.75, 3.05) is 18.5 Å². The third-order valence-electron chi connectivity index (χ3n) is 5.19. The normalized spacial score (nSPS) is 13.8. The van der Waals surface area contributed by atoms with Gasteiger partial charge in [0.25, 0.3) is 0 Å². The molecule has 1 aliphatic heterocycles. The predicted octanol–water partition coefficient (Wildman–Crippen LogP) is 4.16. The van der Waals surface area contributed by atoms with Crippen LogP contribution in [0.2, 0.25) is 0 Å². The molecule has 168 valence electrons. The number of hydrogen-bond donors (Lipinski definition) is 1. The van der Waals surface area contributed by atoms with Crippen molar-refractivity contribution >= 4 is 23.2 Å².